The fraction of sp³-hybridized carbons (Fsp3) is 0.579. The first-order valence-corrected chi connectivity index (χ1v) is 9.39. The molecule has 2 aromatic rings. The minimum atomic E-state index is -0.198. The minimum absolute atomic E-state index is 0.132. The van der Waals surface area contributed by atoms with Gasteiger partial charge in [0.15, 0.2) is 0 Å². The quantitative estimate of drug-likeness (QED) is 0.913. The van der Waals surface area contributed by atoms with E-state index >= 15 is 0 Å². The zero-order valence-corrected chi connectivity index (χ0v) is 15.2. The summed E-state index contributed by atoms with van der Waals surface area (Å²) in [7, 11) is 1.60. The van der Waals surface area contributed by atoms with E-state index < -0.39 is 0 Å². The lowest BCUT2D eigenvalue weighted by Crippen LogP contribution is -2.35. The van der Waals surface area contributed by atoms with E-state index in [0.29, 0.717) is 28.1 Å². The van der Waals surface area contributed by atoms with E-state index in [0.717, 1.165) is 45.1 Å². The number of rotatable bonds is 3. The van der Waals surface area contributed by atoms with Crippen molar-refractivity contribution in [1.82, 2.24) is 20.4 Å². The zero-order valence-electron chi connectivity index (χ0n) is 15.2. The Hall–Kier alpha value is -2.44. The largest absolute Gasteiger partial charge is 0.355 e. The van der Waals surface area contributed by atoms with Crippen molar-refractivity contribution in [2.45, 2.75) is 51.5 Å². The zero-order chi connectivity index (χ0) is 18.3. The average molecular weight is 356 g/mol. The molecule has 2 fully saturated rings. The summed E-state index contributed by atoms with van der Waals surface area (Å²) in [6, 6.07) is 1.61. The van der Waals surface area contributed by atoms with Crippen LogP contribution in [-0.4, -0.2) is 40.4 Å². The third-order valence-electron chi connectivity index (χ3n) is 5.63. The molecule has 26 heavy (non-hydrogen) atoms. The predicted molar refractivity (Wildman–Crippen MR) is 95.6 cm³/mol. The molecular weight excluding hydrogens is 332 g/mol. The van der Waals surface area contributed by atoms with E-state index in [1.807, 2.05) is 11.8 Å². The highest BCUT2D eigenvalue weighted by molar-refractivity contribution is 6.06. The summed E-state index contributed by atoms with van der Waals surface area (Å²) in [6.45, 7) is 2.56. The number of nitrogens with zero attached hydrogens (tertiary/aromatic N) is 3. The first-order chi connectivity index (χ1) is 12.6. The molecule has 3 heterocycles. The summed E-state index contributed by atoms with van der Waals surface area (Å²) in [5.41, 5.74) is 2.23. The number of pyridine rings is 1. The van der Waals surface area contributed by atoms with Crippen molar-refractivity contribution in [3.8, 4) is 0 Å². The molecule has 1 aliphatic carbocycles. The standard InChI is InChI=1S/C19H24N4O3/c1-11-10-13(17(24)20-2)15-16(22-26-18(15)21-11)14-8-5-9-23(14)19(25)12-6-3-4-7-12/h10,12,14H,3-9H2,1-2H3,(H,20,24). The summed E-state index contributed by atoms with van der Waals surface area (Å²) in [4.78, 5) is 31.7. The van der Waals surface area contributed by atoms with Crippen molar-refractivity contribution in [1.29, 1.82) is 0 Å². The fourth-order valence-electron chi connectivity index (χ4n) is 4.36. The molecule has 138 valence electrons. The maximum absolute atomic E-state index is 13.0. The molecule has 0 spiro atoms. The van der Waals surface area contributed by atoms with Crippen molar-refractivity contribution in [2.24, 2.45) is 5.92 Å². The number of carbonyl (C=O) groups excluding carboxylic acids is 2. The smallest absolute Gasteiger partial charge is 0.259 e. The first-order valence-electron chi connectivity index (χ1n) is 9.39. The monoisotopic (exact) mass is 356 g/mol. The van der Waals surface area contributed by atoms with Gasteiger partial charge in [-0.25, -0.2) is 4.98 Å². The molecule has 1 atom stereocenters. The van der Waals surface area contributed by atoms with Gasteiger partial charge in [-0.2, -0.15) is 0 Å². The average Bonchev–Trinajstić information content (AvgIpc) is 3.38. The molecule has 1 unspecified atom stereocenters. The molecule has 0 bridgehead atoms. The molecule has 2 amide bonds. The van der Waals surface area contributed by atoms with E-state index in [9.17, 15) is 9.59 Å². The van der Waals surface area contributed by atoms with E-state index in [1.165, 1.54) is 0 Å². The van der Waals surface area contributed by atoms with E-state index in [2.05, 4.69) is 15.5 Å². The lowest BCUT2D eigenvalue weighted by molar-refractivity contribution is -0.136. The summed E-state index contributed by atoms with van der Waals surface area (Å²) < 4.78 is 5.45. The molecule has 7 nitrogen and oxygen atoms in total. The van der Waals surface area contributed by atoms with Crippen LogP contribution >= 0.6 is 0 Å². The Labute approximate surface area is 152 Å². The first kappa shape index (κ1) is 17.0. The van der Waals surface area contributed by atoms with Crippen LogP contribution in [0.5, 0.6) is 0 Å². The van der Waals surface area contributed by atoms with Crippen molar-refractivity contribution >= 4 is 22.9 Å². The number of hydrogen-bond acceptors (Lipinski definition) is 5. The molecule has 2 aromatic heterocycles. The van der Waals surface area contributed by atoms with Crippen LogP contribution in [0.4, 0.5) is 0 Å². The predicted octanol–water partition coefficient (Wildman–Crippen LogP) is 2.74. The lowest BCUT2D eigenvalue weighted by Gasteiger charge is -2.26. The minimum Gasteiger partial charge on any atom is -0.355 e. The molecule has 1 saturated heterocycles. The van der Waals surface area contributed by atoms with E-state index in [-0.39, 0.29) is 23.8 Å². The number of aromatic nitrogens is 2. The summed E-state index contributed by atoms with van der Waals surface area (Å²) >= 11 is 0. The topological polar surface area (TPSA) is 88.3 Å². The number of hydrogen-bond donors (Lipinski definition) is 1. The Kier molecular flexibility index (Phi) is 4.38. The fourth-order valence-corrected chi connectivity index (χ4v) is 4.36. The van der Waals surface area contributed by atoms with Crippen LogP contribution < -0.4 is 5.32 Å². The van der Waals surface area contributed by atoms with Gasteiger partial charge in [-0.1, -0.05) is 18.0 Å². The molecule has 7 heteroatoms. The molecular formula is C19H24N4O3. The Morgan fingerprint density at radius 3 is 2.73 bits per heavy atom. The maximum Gasteiger partial charge on any atom is 0.259 e. The highest BCUT2D eigenvalue weighted by Crippen LogP contribution is 2.39. The molecule has 0 radical (unpaired) electrons. The molecule has 4 rings (SSSR count). The number of carbonyl (C=O) groups is 2. The van der Waals surface area contributed by atoms with Crippen molar-refractivity contribution in [3.05, 3.63) is 23.0 Å². The summed E-state index contributed by atoms with van der Waals surface area (Å²) in [5, 5.41) is 7.54. The highest BCUT2D eigenvalue weighted by atomic mass is 16.5. The molecule has 1 aliphatic heterocycles. The summed E-state index contributed by atoms with van der Waals surface area (Å²) in [5.74, 6) is 0.159. The number of aryl methyl sites for hydroxylation is 1. The van der Waals surface area contributed by atoms with Crippen LogP contribution in [-0.2, 0) is 4.79 Å². The van der Waals surface area contributed by atoms with Gasteiger partial charge in [-0.05, 0) is 38.7 Å². The van der Waals surface area contributed by atoms with Crippen LogP contribution in [0.1, 0.15) is 66.3 Å². The Bertz CT molecular complexity index is 854. The van der Waals surface area contributed by atoms with Crippen LogP contribution in [0.25, 0.3) is 11.1 Å². The second-order valence-corrected chi connectivity index (χ2v) is 7.31. The molecule has 2 aliphatic rings. The SMILES string of the molecule is CNC(=O)c1cc(C)nc2onc(C3CCCN3C(=O)C3CCCC3)c12. The number of fused-ring (bicyclic) bond motifs is 1. The van der Waals surface area contributed by atoms with Crippen molar-refractivity contribution in [2.75, 3.05) is 13.6 Å². The van der Waals surface area contributed by atoms with Crippen molar-refractivity contribution < 1.29 is 14.1 Å². The lowest BCUT2D eigenvalue weighted by atomic mass is 10.0. The van der Waals surface area contributed by atoms with Crippen LogP contribution in [0.2, 0.25) is 0 Å². The third kappa shape index (κ3) is 2.75. The number of amides is 2. The molecule has 1 N–H and O–H groups in total. The second-order valence-electron chi connectivity index (χ2n) is 7.31. The van der Waals surface area contributed by atoms with Gasteiger partial charge in [-0.15, -0.1) is 0 Å². The van der Waals surface area contributed by atoms with Gasteiger partial charge in [0.05, 0.1) is 17.0 Å². The van der Waals surface area contributed by atoms with Gasteiger partial charge in [0.25, 0.3) is 11.6 Å². The molecule has 1 saturated carbocycles. The number of likely N-dealkylation sites (tertiary alicyclic amines) is 1. The van der Waals surface area contributed by atoms with Crippen LogP contribution in [0.15, 0.2) is 10.6 Å². The Balaban J connectivity index is 1.76. The van der Waals surface area contributed by atoms with Gasteiger partial charge in [0.1, 0.15) is 5.69 Å². The third-order valence-corrected chi connectivity index (χ3v) is 5.63. The number of nitrogens with one attached hydrogen (secondary N) is 1. The Morgan fingerprint density at radius 1 is 1.23 bits per heavy atom. The van der Waals surface area contributed by atoms with Gasteiger partial charge in [0.2, 0.25) is 5.91 Å². The highest BCUT2D eigenvalue weighted by Gasteiger charge is 2.38. The van der Waals surface area contributed by atoms with Crippen molar-refractivity contribution in [3.63, 3.8) is 0 Å². The van der Waals surface area contributed by atoms with Gasteiger partial charge >= 0.3 is 0 Å². The van der Waals surface area contributed by atoms with Crippen LogP contribution in [0.3, 0.4) is 0 Å². The van der Waals surface area contributed by atoms with E-state index in [4.69, 9.17) is 4.52 Å². The molecule has 0 aromatic carbocycles. The normalized spacial score (nSPS) is 20.8. The van der Waals surface area contributed by atoms with Gasteiger partial charge in [-0.3, -0.25) is 9.59 Å². The van der Waals surface area contributed by atoms with Crippen LogP contribution in [0, 0.1) is 12.8 Å². The van der Waals surface area contributed by atoms with Gasteiger partial charge < -0.3 is 14.7 Å². The second kappa shape index (κ2) is 6.70. The van der Waals surface area contributed by atoms with Gasteiger partial charge in [0, 0.05) is 25.2 Å². The maximum atomic E-state index is 13.0. The Morgan fingerprint density at radius 2 is 2.00 bits per heavy atom. The van der Waals surface area contributed by atoms with E-state index in [1.54, 1.807) is 13.1 Å². The summed E-state index contributed by atoms with van der Waals surface area (Å²) in [6.07, 6.45) is 5.99.